The molecular weight excluding hydrogens is 408 g/mol. The van der Waals surface area contributed by atoms with Crippen LogP contribution in [-0.2, 0) is 4.79 Å². The highest BCUT2D eigenvalue weighted by molar-refractivity contribution is 6.32. The van der Waals surface area contributed by atoms with Crippen molar-refractivity contribution in [3.8, 4) is 17.2 Å². The molecule has 2 N–H and O–H groups in total. The molecule has 0 aliphatic rings. The first-order chi connectivity index (χ1) is 14.2. The van der Waals surface area contributed by atoms with Gasteiger partial charge in [-0.1, -0.05) is 25.4 Å². The van der Waals surface area contributed by atoms with Crippen molar-refractivity contribution in [3.05, 3.63) is 40.9 Å². The van der Waals surface area contributed by atoms with Gasteiger partial charge in [-0.25, -0.2) is 0 Å². The molecule has 0 saturated heterocycles. The minimum absolute atomic E-state index is 0.220. The minimum atomic E-state index is -0.415. The third kappa shape index (κ3) is 6.29. The van der Waals surface area contributed by atoms with Gasteiger partial charge in [0.2, 0.25) is 5.91 Å². The van der Waals surface area contributed by atoms with Crippen molar-refractivity contribution in [2.75, 3.05) is 31.5 Å². The Balaban J connectivity index is 2.26. The van der Waals surface area contributed by atoms with E-state index in [1.54, 1.807) is 24.3 Å². The topological polar surface area (TPSA) is 85.9 Å². The Labute approximate surface area is 181 Å². The third-order valence-electron chi connectivity index (χ3n) is 4.20. The summed E-state index contributed by atoms with van der Waals surface area (Å²) < 4.78 is 16.4. The van der Waals surface area contributed by atoms with Gasteiger partial charge in [0.1, 0.15) is 5.75 Å². The van der Waals surface area contributed by atoms with Crippen LogP contribution in [0.1, 0.15) is 37.6 Å². The molecule has 2 aromatic rings. The number of carbonyl (C=O) groups is 2. The van der Waals surface area contributed by atoms with Gasteiger partial charge in [-0.2, -0.15) is 0 Å². The first-order valence-corrected chi connectivity index (χ1v) is 9.90. The molecule has 0 aromatic heterocycles. The van der Waals surface area contributed by atoms with Crippen LogP contribution in [0.25, 0.3) is 0 Å². The largest absolute Gasteiger partial charge is 0.495 e. The zero-order chi connectivity index (χ0) is 22.3. The Morgan fingerprint density at radius 1 is 1.03 bits per heavy atom. The lowest BCUT2D eigenvalue weighted by atomic mass is 10.1. The van der Waals surface area contributed by atoms with E-state index in [-0.39, 0.29) is 10.9 Å². The molecule has 7 nitrogen and oxygen atoms in total. The molecule has 0 radical (unpaired) electrons. The summed E-state index contributed by atoms with van der Waals surface area (Å²) in [5, 5.41) is 5.73. The first kappa shape index (κ1) is 23.3. The quantitative estimate of drug-likeness (QED) is 0.580. The fourth-order valence-electron chi connectivity index (χ4n) is 2.67. The normalized spacial score (nSPS) is 10.5. The van der Waals surface area contributed by atoms with Crippen molar-refractivity contribution in [1.29, 1.82) is 0 Å². The number of amides is 2. The van der Waals surface area contributed by atoms with Crippen molar-refractivity contribution in [3.63, 3.8) is 0 Å². The standard InChI is InChI=1S/C22H27ClN2O5/c1-13(2)8-9-30-21-17(23)10-15(11-20(21)29-5)22(27)25-18-12-16(24-14(3)26)6-7-19(18)28-4/h6-7,10-13H,8-9H2,1-5H3,(H,24,26)(H,25,27). The van der Waals surface area contributed by atoms with E-state index < -0.39 is 5.91 Å². The van der Waals surface area contributed by atoms with E-state index in [1.165, 1.54) is 27.2 Å². The molecule has 0 heterocycles. The number of halogens is 1. The van der Waals surface area contributed by atoms with Crippen molar-refractivity contribution >= 4 is 34.8 Å². The SMILES string of the molecule is COc1ccc(NC(C)=O)cc1NC(=O)c1cc(Cl)c(OCCC(C)C)c(OC)c1. The monoisotopic (exact) mass is 434 g/mol. The van der Waals surface area contributed by atoms with Gasteiger partial charge in [0.05, 0.1) is 31.5 Å². The Hall–Kier alpha value is -2.93. The molecule has 162 valence electrons. The summed E-state index contributed by atoms with van der Waals surface area (Å²) in [5.41, 5.74) is 1.23. The lowest BCUT2D eigenvalue weighted by molar-refractivity contribution is -0.114. The number of rotatable bonds is 9. The molecule has 0 bridgehead atoms. The summed E-state index contributed by atoms with van der Waals surface area (Å²) in [5.74, 6) is 1.08. The van der Waals surface area contributed by atoms with E-state index in [0.717, 1.165) is 6.42 Å². The summed E-state index contributed by atoms with van der Waals surface area (Å²) >= 11 is 6.36. The van der Waals surface area contributed by atoms with Crippen LogP contribution in [0.3, 0.4) is 0 Å². The zero-order valence-corrected chi connectivity index (χ0v) is 18.6. The van der Waals surface area contributed by atoms with Gasteiger partial charge in [0.25, 0.3) is 5.91 Å². The van der Waals surface area contributed by atoms with Crippen molar-refractivity contribution in [1.82, 2.24) is 0 Å². The van der Waals surface area contributed by atoms with Crippen LogP contribution in [0.15, 0.2) is 30.3 Å². The maximum Gasteiger partial charge on any atom is 0.255 e. The number of carbonyl (C=O) groups excluding carboxylic acids is 2. The maximum atomic E-state index is 12.8. The molecule has 0 spiro atoms. The van der Waals surface area contributed by atoms with E-state index in [4.69, 9.17) is 25.8 Å². The molecule has 8 heteroatoms. The Kier molecular flexibility index (Phi) is 8.35. The van der Waals surface area contributed by atoms with Gasteiger partial charge in [0, 0.05) is 18.2 Å². The zero-order valence-electron chi connectivity index (χ0n) is 17.8. The number of nitrogens with one attached hydrogen (secondary N) is 2. The molecule has 0 saturated carbocycles. The second-order valence-electron chi connectivity index (χ2n) is 7.07. The van der Waals surface area contributed by atoms with E-state index in [1.807, 2.05) is 0 Å². The molecule has 0 unspecified atom stereocenters. The lowest BCUT2D eigenvalue weighted by Gasteiger charge is -2.16. The lowest BCUT2D eigenvalue weighted by Crippen LogP contribution is -2.14. The van der Waals surface area contributed by atoms with E-state index >= 15 is 0 Å². The van der Waals surface area contributed by atoms with Gasteiger partial charge in [-0.05, 0) is 42.7 Å². The van der Waals surface area contributed by atoms with E-state index in [2.05, 4.69) is 24.5 Å². The predicted molar refractivity (Wildman–Crippen MR) is 118 cm³/mol. The highest BCUT2D eigenvalue weighted by Crippen LogP contribution is 2.37. The van der Waals surface area contributed by atoms with Crippen LogP contribution in [-0.4, -0.2) is 32.6 Å². The number of hydrogen-bond acceptors (Lipinski definition) is 5. The van der Waals surface area contributed by atoms with Gasteiger partial charge < -0.3 is 24.8 Å². The van der Waals surface area contributed by atoms with E-state index in [0.29, 0.717) is 46.7 Å². The van der Waals surface area contributed by atoms with Crippen molar-refractivity contribution in [2.45, 2.75) is 27.2 Å². The van der Waals surface area contributed by atoms with Crippen LogP contribution in [0.2, 0.25) is 5.02 Å². The molecular formula is C22H27ClN2O5. The second kappa shape index (κ2) is 10.7. The molecule has 2 amide bonds. The third-order valence-corrected chi connectivity index (χ3v) is 4.48. The highest BCUT2D eigenvalue weighted by Gasteiger charge is 2.18. The fourth-order valence-corrected chi connectivity index (χ4v) is 2.93. The van der Waals surface area contributed by atoms with Gasteiger partial charge in [-0.3, -0.25) is 9.59 Å². The molecule has 2 aromatic carbocycles. The number of benzene rings is 2. The number of methoxy groups -OCH3 is 2. The molecule has 30 heavy (non-hydrogen) atoms. The van der Waals surface area contributed by atoms with Crippen LogP contribution >= 0.6 is 11.6 Å². The van der Waals surface area contributed by atoms with Crippen LogP contribution < -0.4 is 24.8 Å². The van der Waals surface area contributed by atoms with Gasteiger partial charge in [0.15, 0.2) is 11.5 Å². The average Bonchev–Trinajstić information content (AvgIpc) is 2.68. The molecule has 0 atom stereocenters. The second-order valence-corrected chi connectivity index (χ2v) is 7.48. The number of anilines is 2. The summed E-state index contributed by atoms with van der Waals surface area (Å²) in [4.78, 5) is 24.1. The van der Waals surface area contributed by atoms with Gasteiger partial charge >= 0.3 is 0 Å². The maximum absolute atomic E-state index is 12.8. The van der Waals surface area contributed by atoms with Crippen LogP contribution in [0, 0.1) is 5.92 Å². The fraction of sp³-hybridized carbons (Fsp3) is 0.364. The Morgan fingerprint density at radius 2 is 1.73 bits per heavy atom. The van der Waals surface area contributed by atoms with E-state index in [9.17, 15) is 9.59 Å². The average molecular weight is 435 g/mol. The molecule has 0 fully saturated rings. The molecule has 0 aliphatic carbocycles. The van der Waals surface area contributed by atoms with Crippen LogP contribution in [0.5, 0.6) is 17.2 Å². The Morgan fingerprint density at radius 3 is 2.33 bits per heavy atom. The minimum Gasteiger partial charge on any atom is -0.495 e. The first-order valence-electron chi connectivity index (χ1n) is 9.52. The smallest absolute Gasteiger partial charge is 0.255 e. The Bertz CT molecular complexity index is 915. The van der Waals surface area contributed by atoms with Crippen molar-refractivity contribution in [2.24, 2.45) is 5.92 Å². The number of ether oxygens (including phenoxy) is 3. The summed E-state index contributed by atoms with van der Waals surface area (Å²) in [6.45, 7) is 6.10. The summed E-state index contributed by atoms with van der Waals surface area (Å²) in [6, 6.07) is 8.03. The summed E-state index contributed by atoms with van der Waals surface area (Å²) in [6.07, 6.45) is 0.867. The molecule has 2 rings (SSSR count). The highest BCUT2D eigenvalue weighted by atomic mass is 35.5. The van der Waals surface area contributed by atoms with Gasteiger partial charge in [-0.15, -0.1) is 0 Å². The summed E-state index contributed by atoms with van der Waals surface area (Å²) in [7, 11) is 2.98. The predicted octanol–water partition coefficient (Wildman–Crippen LogP) is 4.99. The molecule has 0 aliphatic heterocycles. The van der Waals surface area contributed by atoms with Crippen molar-refractivity contribution < 1.29 is 23.8 Å². The number of hydrogen-bond donors (Lipinski definition) is 2. The van der Waals surface area contributed by atoms with Crippen LogP contribution in [0.4, 0.5) is 11.4 Å².